The van der Waals surface area contributed by atoms with E-state index in [1.54, 1.807) is 0 Å². The summed E-state index contributed by atoms with van der Waals surface area (Å²) in [6.45, 7) is 1.29. The van der Waals surface area contributed by atoms with Crippen molar-refractivity contribution < 1.29 is 0 Å². The molecule has 2 nitrogen and oxygen atoms in total. The van der Waals surface area contributed by atoms with Gasteiger partial charge in [0.05, 0.1) is 0 Å². The molecule has 0 aromatic rings. The molecule has 1 aliphatic carbocycles. The third kappa shape index (κ3) is 1.30. The molecule has 2 aliphatic rings. The van der Waals surface area contributed by atoms with Crippen LogP contribution in [0, 0.1) is 5.92 Å². The minimum absolute atomic E-state index is 0.491. The first-order valence-electron chi connectivity index (χ1n) is 4.73. The van der Waals surface area contributed by atoms with Crippen LogP contribution in [0.15, 0.2) is 0 Å². The van der Waals surface area contributed by atoms with E-state index in [4.69, 9.17) is 5.73 Å². The van der Waals surface area contributed by atoms with Gasteiger partial charge in [0.15, 0.2) is 0 Å². The van der Waals surface area contributed by atoms with Gasteiger partial charge >= 0.3 is 0 Å². The molecule has 2 fully saturated rings. The van der Waals surface area contributed by atoms with E-state index >= 15 is 0 Å². The molecule has 1 saturated heterocycles. The predicted molar refractivity (Wildman–Crippen MR) is 46.4 cm³/mol. The maximum absolute atomic E-state index is 5.93. The van der Waals surface area contributed by atoms with Gasteiger partial charge in [0.2, 0.25) is 0 Å². The lowest BCUT2D eigenvalue weighted by molar-refractivity contribution is 0.144. The van der Waals surface area contributed by atoms with Crippen LogP contribution in [-0.4, -0.2) is 30.6 Å². The van der Waals surface area contributed by atoms with Gasteiger partial charge in [0, 0.05) is 12.1 Å². The summed E-state index contributed by atoms with van der Waals surface area (Å²) in [7, 11) is 2.24. The zero-order valence-electron chi connectivity index (χ0n) is 7.29. The molecule has 3 unspecified atom stereocenters. The van der Waals surface area contributed by atoms with Crippen molar-refractivity contribution in [3.63, 3.8) is 0 Å². The van der Waals surface area contributed by atoms with Crippen molar-refractivity contribution in [3.8, 4) is 0 Å². The molecule has 0 spiro atoms. The largest absolute Gasteiger partial charge is 0.328 e. The van der Waals surface area contributed by atoms with Gasteiger partial charge in [-0.15, -0.1) is 0 Å². The first-order chi connectivity index (χ1) is 5.27. The van der Waals surface area contributed by atoms with Crippen LogP contribution < -0.4 is 5.73 Å². The molecule has 1 heterocycles. The van der Waals surface area contributed by atoms with E-state index in [1.165, 1.54) is 32.2 Å². The number of rotatable bonds is 0. The van der Waals surface area contributed by atoms with Gasteiger partial charge in [0.1, 0.15) is 0 Å². The molecule has 64 valence electrons. The Bertz CT molecular complexity index is 146. The lowest BCUT2D eigenvalue weighted by Crippen LogP contribution is -2.39. The summed E-state index contributed by atoms with van der Waals surface area (Å²) in [6, 6.07) is 1.31. The molecule has 1 saturated carbocycles. The molecule has 11 heavy (non-hydrogen) atoms. The third-order valence-electron chi connectivity index (χ3n) is 3.35. The number of piperidine rings is 1. The number of nitrogens with two attached hydrogens (primary N) is 1. The van der Waals surface area contributed by atoms with E-state index in [9.17, 15) is 0 Å². The number of likely N-dealkylation sites (tertiary alicyclic amines) is 1. The standard InChI is InChI=1S/C9H18N2/c1-11-4-2-3-7-5-8(10)6-9(7)11/h7-9H,2-6,10H2,1H3. The Morgan fingerprint density at radius 2 is 2.18 bits per heavy atom. The summed E-state index contributed by atoms with van der Waals surface area (Å²) in [5.74, 6) is 0.920. The first-order valence-corrected chi connectivity index (χ1v) is 4.73. The van der Waals surface area contributed by atoms with Crippen LogP contribution in [0.25, 0.3) is 0 Å². The van der Waals surface area contributed by atoms with Gasteiger partial charge in [-0.05, 0) is 45.2 Å². The van der Waals surface area contributed by atoms with Crippen molar-refractivity contribution in [2.24, 2.45) is 11.7 Å². The summed E-state index contributed by atoms with van der Waals surface area (Å²) in [5, 5.41) is 0. The fourth-order valence-corrected chi connectivity index (χ4v) is 2.76. The highest BCUT2D eigenvalue weighted by atomic mass is 15.1. The van der Waals surface area contributed by atoms with Gasteiger partial charge in [-0.3, -0.25) is 0 Å². The highest BCUT2D eigenvalue weighted by Crippen LogP contribution is 2.35. The van der Waals surface area contributed by atoms with Crippen molar-refractivity contribution in [1.29, 1.82) is 0 Å². The first kappa shape index (κ1) is 7.56. The molecule has 1 aliphatic heterocycles. The van der Waals surface area contributed by atoms with E-state index in [2.05, 4.69) is 11.9 Å². The van der Waals surface area contributed by atoms with E-state index in [0.29, 0.717) is 6.04 Å². The maximum atomic E-state index is 5.93. The Balaban J connectivity index is 2.03. The van der Waals surface area contributed by atoms with Gasteiger partial charge in [0.25, 0.3) is 0 Å². The normalized spacial score (nSPS) is 45.8. The molecule has 2 rings (SSSR count). The highest BCUT2D eigenvalue weighted by molar-refractivity contribution is 4.93. The average molecular weight is 154 g/mol. The zero-order chi connectivity index (χ0) is 7.84. The topological polar surface area (TPSA) is 29.3 Å². The fourth-order valence-electron chi connectivity index (χ4n) is 2.76. The van der Waals surface area contributed by atoms with E-state index in [0.717, 1.165) is 12.0 Å². The van der Waals surface area contributed by atoms with E-state index in [1.807, 2.05) is 0 Å². The molecule has 0 bridgehead atoms. The summed E-state index contributed by atoms with van der Waals surface area (Å²) in [5.41, 5.74) is 5.93. The van der Waals surface area contributed by atoms with Crippen LogP contribution in [0.4, 0.5) is 0 Å². The Hall–Kier alpha value is -0.0800. The summed E-state index contributed by atoms with van der Waals surface area (Å²) in [4.78, 5) is 2.50. The molecular formula is C9H18N2. The number of nitrogens with zero attached hydrogens (tertiary/aromatic N) is 1. The lowest BCUT2D eigenvalue weighted by Gasteiger charge is -2.34. The van der Waals surface area contributed by atoms with Gasteiger partial charge < -0.3 is 10.6 Å². The van der Waals surface area contributed by atoms with Crippen molar-refractivity contribution in [2.75, 3.05) is 13.6 Å². The minimum atomic E-state index is 0.491. The summed E-state index contributed by atoms with van der Waals surface area (Å²) < 4.78 is 0. The van der Waals surface area contributed by atoms with Crippen LogP contribution in [-0.2, 0) is 0 Å². The lowest BCUT2D eigenvalue weighted by atomic mass is 9.92. The number of hydrogen-bond acceptors (Lipinski definition) is 2. The predicted octanol–water partition coefficient (Wildman–Crippen LogP) is 0.818. The molecule has 2 heteroatoms. The Morgan fingerprint density at radius 1 is 1.36 bits per heavy atom. The maximum Gasteiger partial charge on any atom is 0.0136 e. The van der Waals surface area contributed by atoms with Crippen molar-refractivity contribution in [2.45, 2.75) is 37.8 Å². The Kier molecular flexibility index (Phi) is 1.90. The monoisotopic (exact) mass is 154 g/mol. The van der Waals surface area contributed by atoms with Crippen LogP contribution in [0.5, 0.6) is 0 Å². The smallest absolute Gasteiger partial charge is 0.0136 e. The molecule has 0 aromatic carbocycles. The second-order valence-corrected chi connectivity index (χ2v) is 4.18. The van der Waals surface area contributed by atoms with Crippen LogP contribution in [0.3, 0.4) is 0 Å². The molecule has 2 N–H and O–H groups in total. The van der Waals surface area contributed by atoms with Crippen molar-refractivity contribution in [1.82, 2.24) is 4.90 Å². The average Bonchev–Trinajstić information content (AvgIpc) is 2.31. The van der Waals surface area contributed by atoms with Gasteiger partial charge in [-0.25, -0.2) is 0 Å². The summed E-state index contributed by atoms with van der Waals surface area (Å²) in [6.07, 6.45) is 5.31. The fraction of sp³-hybridized carbons (Fsp3) is 1.00. The van der Waals surface area contributed by atoms with Crippen LogP contribution in [0.2, 0.25) is 0 Å². The molecular weight excluding hydrogens is 136 g/mol. The molecule has 0 amide bonds. The van der Waals surface area contributed by atoms with E-state index in [-0.39, 0.29) is 0 Å². The number of fused-ring (bicyclic) bond motifs is 1. The molecule has 3 atom stereocenters. The quantitative estimate of drug-likeness (QED) is 0.559. The highest BCUT2D eigenvalue weighted by Gasteiger charge is 2.36. The van der Waals surface area contributed by atoms with Crippen molar-refractivity contribution >= 4 is 0 Å². The van der Waals surface area contributed by atoms with Gasteiger partial charge in [-0.1, -0.05) is 0 Å². The van der Waals surface area contributed by atoms with Crippen LogP contribution in [0.1, 0.15) is 25.7 Å². The second-order valence-electron chi connectivity index (χ2n) is 4.18. The zero-order valence-corrected chi connectivity index (χ0v) is 7.29. The molecule has 0 radical (unpaired) electrons. The Morgan fingerprint density at radius 3 is 2.91 bits per heavy atom. The van der Waals surface area contributed by atoms with Crippen molar-refractivity contribution in [3.05, 3.63) is 0 Å². The van der Waals surface area contributed by atoms with E-state index < -0.39 is 0 Å². The third-order valence-corrected chi connectivity index (χ3v) is 3.35. The second kappa shape index (κ2) is 2.76. The minimum Gasteiger partial charge on any atom is -0.328 e. The van der Waals surface area contributed by atoms with Crippen LogP contribution >= 0.6 is 0 Å². The Labute approximate surface area is 68.7 Å². The summed E-state index contributed by atoms with van der Waals surface area (Å²) >= 11 is 0. The molecule has 0 aromatic heterocycles. The van der Waals surface area contributed by atoms with Gasteiger partial charge in [-0.2, -0.15) is 0 Å². The number of hydrogen-bond donors (Lipinski definition) is 1. The SMILES string of the molecule is CN1CCCC2CC(N)CC21.